The Morgan fingerprint density at radius 3 is 2.81 bits per heavy atom. The van der Waals surface area contributed by atoms with Crippen LogP contribution < -0.4 is 10.6 Å². The van der Waals surface area contributed by atoms with E-state index in [1.165, 1.54) is 11.3 Å². The third-order valence-corrected chi connectivity index (χ3v) is 4.39. The van der Waals surface area contributed by atoms with Crippen LogP contribution in [0.5, 0.6) is 0 Å². The molecule has 0 saturated heterocycles. The number of rotatable bonds is 5. The van der Waals surface area contributed by atoms with Crippen molar-refractivity contribution >= 4 is 39.1 Å². The number of pyridine rings is 1. The highest BCUT2D eigenvalue weighted by atomic mass is 79.9. The molecule has 2 amide bonds. The molecule has 5 nitrogen and oxygen atoms in total. The highest BCUT2D eigenvalue weighted by Gasteiger charge is 2.12. The Hall–Kier alpha value is -1.73. The molecular weight excluding hydrogens is 354 g/mol. The summed E-state index contributed by atoms with van der Waals surface area (Å²) in [6, 6.07) is 7.05. The second kappa shape index (κ2) is 7.33. The zero-order valence-electron chi connectivity index (χ0n) is 11.3. The van der Waals surface area contributed by atoms with E-state index in [2.05, 4.69) is 31.5 Å². The number of aromatic nitrogens is 1. The van der Waals surface area contributed by atoms with E-state index in [-0.39, 0.29) is 24.4 Å². The van der Waals surface area contributed by atoms with E-state index in [9.17, 15) is 9.59 Å². The summed E-state index contributed by atoms with van der Waals surface area (Å²) in [5.41, 5.74) is 0.916. The predicted molar refractivity (Wildman–Crippen MR) is 85.1 cm³/mol. The predicted octanol–water partition coefficient (Wildman–Crippen LogP) is 2.51. The molecule has 0 fully saturated rings. The van der Waals surface area contributed by atoms with E-state index in [0.29, 0.717) is 4.88 Å². The number of hydrogen-bond acceptors (Lipinski definition) is 4. The topological polar surface area (TPSA) is 71.1 Å². The molecule has 0 radical (unpaired) electrons. The van der Waals surface area contributed by atoms with Gasteiger partial charge in [0.15, 0.2) is 0 Å². The molecule has 0 aliphatic heterocycles. The Bertz CT molecular complexity index is 630. The zero-order valence-corrected chi connectivity index (χ0v) is 13.7. The van der Waals surface area contributed by atoms with Crippen molar-refractivity contribution in [2.45, 2.75) is 13.0 Å². The fourth-order valence-corrected chi connectivity index (χ4v) is 2.99. The van der Waals surface area contributed by atoms with Gasteiger partial charge in [0.25, 0.3) is 5.91 Å². The molecule has 0 saturated carbocycles. The number of hydrogen-bond donors (Lipinski definition) is 2. The van der Waals surface area contributed by atoms with Gasteiger partial charge >= 0.3 is 0 Å². The Kier molecular flexibility index (Phi) is 5.46. The minimum absolute atomic E-state index is 0.0566. The summed E-state index contributed by atoms with van der Waals surface area (Å²) in [4.78, 5) is 28.2. The quantitative estimate of drug-likeness (QED) is 0.852. The Morgan fingerprint density at radius 2 is 2.19 bits per heavy atom. The van der Waals surface area contributed by atoms with E-state index in [1.54, 1.807) is 24.5 Å². The van der Waals surface area contributed by atoms with Crippen molar-refractivity contribution in [3.8, 4) is 0 Å². The van der Waals surface area contributed by atoms with Crippen molar-refractivity contribution < 1.29 is 9.59 Å². The van der Waals surface area contributed by atoms with Gasteiger partial charge in [0.2, 0.25) is 5.91 Å². The molecule has 7 heteroatoms. The first-order chi connectivity index (χ1) is 10.1. The molecule has 0 aliphatic rings. The van der Waals surface area contributed by atoms with Crippen molar-refractivity contribution in [2.24, 2.45) is 0 Å². The van der Waals surface area contributed by atoms with Crippen molar-refractivity contribution in [3.05, 3.63) is 50.9 Å². The van der Waals surface area contributed by atoms with Crippen molar-refractivity contribution in [1.29, 1.82) is 0 Å². The van der Waals surface area contributed by atoms with Crippen LogP contribution in [0, 0.1) is 0 Å². The first-order valence-electron chi connectivity index (χ1n) is 6.29. The average molecular weight is 368 g/mol. The molecule has 2 aromatic rings. The van der Waals surface area contributed by atoms with Crippen LogP contribution in [0.4, 0.5) is 0 Å². The van der Waals surface area contributed by atoms with Gasteiger partial charge in [-0.05, 0) is 46.6 Å². The molecule has 0 bridgehead atoms. The summed E-state index contributed by atoms with van der Waals surface area (Å²) >= 11 is 4.62. The molecule has 2 N–H and O–H groups in total. The third kappa shape index (κ3) is 4.64. The van der Waals surface area contributed by atoms with Crippen LogP contribution in [0.1, 0.15) is 28.2 Å². The highest BCUT2D eigenvalue weighted by molar-refractivity contribution is 9.11. The SMILES string of the molecule is C[C@H](NC(=O)CNC(=O)c1ccc(Br)s1)c1cccnc1. The fourth-order valence-electron chi connectivity index (χ4n) is 1.69. The van der Waals surface area contributed by atoms with Gasteiger partial charge in [-0.2, -0.15) is 0 Å². The number of carbonyl (C=O) groups is 2. The van der Waals surface area contributed by atoms with Crippen LogP contribution in [-0.2, 0) is 4.79 Å². The maximum Gasteiger partial charge on any atom is 0.261 e. The molecule has 0 aliphatic carbocycles. The van der Waals surface area contributed by atoms with Gasteiger partial charge in [-0.15, -0.1) is 11.3 Å². The maximum atomic E-state index is 11.8. The third-order valence-electron chi connectivity index (χ3n) is 2.77. The molecule has 2 aromatic heterocycles. The van der Waals surface area contributed by atoms with Crippen LogP contribution in [0.2, 0.25) is 0 Å². The summed E-state index contributed by atoms with van der Waals surface area (Å²) in [5.74, 6) is -0.495. The molecule has 0 unspecified atom stereocenters. The summed E-state index contributed by atoms with van der Waals surface area (Å²) in [7, 11) is 0. The lowest BCUT2D eigenvalue weighted by Crippen LogP contribution is -2.37. The lowest BCUT2D eigenvalue weighted by atomic mass is 10.1. The second-order valence-electron chi connectivity index (χ2n) is 4.36. The number of halogens is 1. The number of nitrogens with zero attached hydrogens (tertiary/aromatic N) is 1. The standard InChI is InChI=1S/C14H14BrN3O2S/c1-9(10-3-2-6-16-7-10)18-13(19)8-17-14(20)11-4-5-12(15)21-11/h2-7,9H,8H2,1H3,(H,17,20)(H,18,19)/t9-/m0/s1. The number of carbonyl (C=O) groups excluding carboxylic acids is 2. The Balaban J connectivity index is 1.81. The van der Waals surface area contributed by atoms with Crippen LogP contribution in [0.25, 0.3) is 0 Å². The normalized spacial score (nSPS) is 11.7. The largest absolute Gasteiger partial charge is 0.348 e. The minimum atomic E-state index is -0.255. The number of amides is 2. The molecule has 0 aromatic carbocycles. The molecular formula is C14H14BrN3O2S. The Labute approximate surface area is 134 Å². The van der Waals surface area contributed by atoms with Gasteiger partial charge in [0.05, 0.1) is 21.3 Å². The maximum absolute atomic E-state index is 11.8. The van der Waals surface area contributed by atoms with E-state index in [4.69, 9.17) is 0 Å². The molecule has 2 rings (SSSR count). The van der Waals surface area contributed by atoms with Crippen LogP contribution in [0.15, 0.2) is 40.4 Å². The van der Waals surface area contributed by atoms with E-state index < -0.39 is 0 Å². The van der Waals surface area contributed by atoms with Crippen LogP contribution >= 0.6 is 27.3 Å². The van der Waals surface area contributed by atoms with Gasteiger partial charge in [0, 0.05) is 12.4 Å². The molecule has 1 atom stereocenters. The van der Waals surface area contributed by atoms with E-state index >= 15 is 0 Å². The van der Waals surface area contributed by atoms with Crippen molar-refractivity contribution in [2.75, 3.05) is 6.54 Å². The molecule has 110 valence electrons. The van der Waals surface area contributed by atoms with Gasteiger partial charge < -0.3 is 10.6 Å². The summed E-state index contributed by atoms with van der Waals surface area (Å²) in [6.07, 6.45) is 3.38. The van der Waals surface area contributed by atoms with Gasteiger partial charge in [0.1, 0.15) is 0 Å². The first kappa shape index (κ1) is 15.7. The lowest BCUT2D eigenvalue weighted by Gasteiger charge is -2.14. The summed E-state index contributed by atoms with van der Waals surface area (Å²) in [5, 5.41) is 5.40. The molecule has 2 heterocycles. The molecule has 0 spiro atoms. The first-order valence-corrected chi connectivity index (χ1v) is 7.90. The zero-order chi connectivity index (χ0) is 15.2. The van der Waals surface area contributed by atoms with Crippen LogP contribution in [-0.4, -0.2) is 23.3 Å². The molecule has 21 heavy (non-hydrogen) atoms. The number of thiophene rings is 1. The van der Waals surface area contributed by atoms with Gasteiger partial charge in [-0.1, -0.05) is 6.07 Å². The van der Waals surface area contributed by atoms with Crippen molar-refractivity contribution in [1.82, 2.24) is 15.6 Å². The highest BCUT2D eigenvalue weighted by Crippen LogP contribution is 2.21. The fraction of sp³-hybridized carbons (Fsp3) is 0.214. The van der Waals surface area contributed by atoms with Crippen LogP contribution in [0.3, 0.4) is 0 Å². The summed E-state index contributed by atoms with van der Waals surface area (Å²) in [6.45, 7) is 1.81. The Morgan fingerprint density at radius 1 is 1.38 bits per heavy atom. The average Bonchev–Trinajstić information content (AvgIpc) is 2.92. The van der Waals surface area contributed by atoms with E-state index in [1.807, 2.05) is 19.1 Å². The lowest BCUT2D eigenvalue weighted by molar-refractivity contribution is -0.120. The second-order valence-corrected chi connectivity index (χ2v) is 6.83. The van der Waals surface area contributed by atoms with E-state index in [0.717, 1.165) is 9.35 Å². The van der Waals surface area contributed by atoms with Gasteiger partial charge in [-0.3, -0.25) is 14.6 Å². The monoisotopic (exact) mass is 367 g/mol. The number of nitrogens with one attached hydrogen (secondary N) is 2. The van der Waals surface area contributed by atoms with Crippen molar-refractivity contribution in [3.63, 3.8) is 0 Å². The minimum Gasteiger partial charge on any atom is -0.348 e. The summed E-state index contributed by atoms with van der Waals surface area (Å²) < 4.78 is 0.877. The van der Waals surface area contributed by atoms with Gasteiger partial charge in [-0.25, -0.2) is 0 Å². The smallest absolute Gasteiger partial charge is 0.261 e.